The second-order valence-corrected chi connectivity index (χ2v) is 5.59. The summed E-state index contributed by atoms with van der Waals surface area (Å²) in [7, 11) is 0. The summed E-state index contributed by atoms with van der Waals surface area (Å²) in [4.78, 5) is 17.4. The second-order valence-electron chi connectivity index (χ2n) is 5.59. The molecule has 0 unspecified atom stereocenters. The summed E-state index contributed by atoms with van der Waals surface area (Å²) in [5, 5.41) is 12.2. The fraction of sp³-hybridized carbons (Fsp3) is 0.600. The molecule has 1 aromatic heterocycles. The van der Waals surface area contributed by atoms with Crippen LogP contribution in [0.25, 0.3) is 0 Å². The van der Waals surface area contributed by atoms with E-state index < -0.39 is 0 Å². The van der Waals surface area contributed by atoms with Gasteiger partial charge in [-0.1, -0.05) is 0 Å². The Morgan fingerprint density at radius 2 is 2.10 bits per heavy atom. The van der Waals surface area contributed by atoms with E-state index in [0.29, 0.717) is 31.1 Å². The standard InChI is InChI=1S/C15H20N4O2/c16-9-12-11-3-1-2-4-13(11)17-15(12)18-14(20)10-19-5-7-21-8-6-19/h17H,1-8,10H2,(H,18,20). The molecule has 1 aliphatic heterocycles. The number of nitrogens with zero attached hydrogens (tertiary/aromatic N) is 2. The van der Waals surface area contributed by atoms with Gasteiger partial charge in [0, 0.05) is 18.8 Å². The van der Waals surface area contributed by atoms with Crippen LogP contribution in [0.2, 0.25) is 0 Å². The SMILES string of the molecule is N#Cc1c(NC(=O)CN2CCOCC2)[nH]c2c1CCCC2. The van der Waals surface area contributed by atoms with Gasteiger partial charge in [0.05, 0.1) is 25.3 Å². The predicted octanol–water partition coefficient (Wildman–Crippen LogP) is 1.04. The lowest BCUT2D eigenvalue weighted by Gasteiger charge is -2.25. The molecule has 2 heterocycles. The number of amides is 1. The van der Waals surface area contributed by atoms with Gasteiger partial charge in [-0.3, -0.25) is 9.69 Å². The zero-order chi connectivity index (χ0) is 14.7. The van der Waals surface area contributed by atoms with Crippen molar-refractivity contribution in [3.05, 3.63) is 16.8 Å². The first-order valence-corrected chi connectivity index (χ1v) is 7.51. The molecule has 6 nitrogen and oxygen atoms in total. The molecule has 1 fully saturated rings. The maximum atomic E-state index is 12.1. The van der Waals surface area contributed by atoms with Crippen LogP contribution in [-0.4, -0.2) is 48.6 Å². The van der Waals surface area contributed by atoms with Crippen molar-refractivity contribution in [2.45, 2.75) is 25.7 Å². The summed E-state index contributed by atoms with van der Waals surface area (Å²) in [5.74, 6) is 0.495. The van der Waals surface area contributed by atoms with Crippen LogP contribution in [0.15, 0.2) is 0 Å². The first kappa shape index (κ1) is 14.1. The van der Waals surface area contributed by atoms with Gasteiger partial charge in [0.2, 0.25) is 5.91 Å². The summed E-state index contributed by atoms with van der Waals surface area (Å²) in [6.45, 7) is 3.25. The summed E-state index contributed by atoms with van der Waals surface area (Å²) in [6, 6.07) is 2.23. The molecule has 21 heavy (non-hydrogen) atoms. The Hall–Kier alpha value is -1.84. The number of carbonyl (C=O) groups is 1. The van der Waals surface area contributed by atoms with E-state index in [1.165, 1.54) is 0 Å². The molecule has 6 heteroatoms. The molecule has 3 rings (SSSR count). The number of hydrogen-bond acceptors (Lipinski definition) is 4. The van der Waals surface area contributed by atoms with Gasteiger partial charge in [0.15, 0.2) is 0 Å². The van der Waals surface area contributed by atoms with E-state index in [0.717, 1.165) is 50.0 Å². The van der Waals surface area contributed by atoms with Crippen molar-refractivity contribution in [3.8, 4) is 6.07 Å². The lowest BCUT2D eigenvalue weighted by Crippen LogP contribution is -2.41. The van der Waals surface area contributed by atoms with Crippen LogP contribution >= 0.6 is 0 Å². The molecule has 0 saturated carbocycles. The smallest absolute Gasteiger partial charge is 0.239 e. The number of fused-ring (bicyclic) bond motifs is 1. The molecule has 1 amide bonds. The Labute approximate surface area is 124 Å². The number of nitriles is 1. The highest BCUT2D eigenvalue weighted by Crippen LogP contribution is 2.29. The third-order valence-corrected chi connectivity index (χ3v) is 4.14. The molecule has 0 aromatic carbocycles. The van der Waals surface area contributed by atoms with Crippen LogP contribution in [0, 0.1) is 11.3 Å². The van der Waals surface area contributed by atoms with Crippen molar-refractivity contribution >= 4 is 11.7 Å². The molecule has 0 radical (unpaired) electrons. The topological polar surface area (TPSA) is 81.2 Å². The van der Waals surface area contributed by atoms with Crippen molar-refractivity contribution in [2.75, 3.05) is 38.2 Å². The van der Waals surface area contributed by atoms with Gasteiger partial charge >= 0.3 is 0 Å². The van der Waals surface area contributed by atoms with Crippen LogP contribution in [0.3, 0.4) is 0 Å². The fourth-order valence-corrected chi connectivity index (χ4v) is 3.04. The molecular formula is C15H20N4O2. The summed E-state index contributed by atoms with van der Waals surface area (Å²) < 4.78 is 5.27. The monoisotopic (exact) mass is 288 g/mol. The number of carbonyl (C=O) groups excluding carboxylic acids is 1. The normalized spacial score (nSPS) is 18.8. The molecule has 112 valence electrons. The number of anilines is 1. The van der Waals surface area contributed by atoms with Crippen LogP contribution in [-0.2, 0) is 22.4 Å². The fourth-order valence-electron chi connectivity index (χ4n) is 3.04. The van der Waals surface area contributed by atoms with E-state index in [1.54, 1.807) is 0 Å². The summed E-state index contributed by atoms with van der Waals surface area (Å²) in [5.41, 5.74) is 2.81. The minimum Gasteiger partial charge on any atom is -0.379 e. The van der Waals surface area contributed by atoms with E-state index in [9.17, 15) is 10.1 Å². The summed E-state index contributed by atoms with van der Waals surface area (Å²) >= 11 is 0. The number of aromatic amines is 1. The Bertz CT molecular complexity index is 567. The number of rotatable bonds is 3. The first-order valence-electron chi connectivity index (χ1n) is 7.51. The minimum atomic E-state index is -0.0769. The highest BCUT2D eigenvalue weighted by atomic mass is 16.5. The van der Waals surface area contributed by atoms with Crippen molar-refractivity contribution in [1.29, 1.82) is 5.26 Å². The van der Waals surface area contributed by atoms with Crippen molar-refractivity contribution in [1.82, 2.24) is 9.88 Å². The Morgan fingerprint density at radius 3 is 2.86 bits per heavy atom. The number of nitrogens with one attached hydrogen (secondary N) is 2. The highest BCUT2D eigenvalue weighted by molar-refractivity contribution is 5.93. The first-order chi connectivity index (χ1) is 10.3. The minimum absolute atomic E-state index is 0.0769. The van der Waals surface area contributed by atoms with Gasteiger partial charge < -0.3 is 15.0 Å². The van der Waals surface area contributed by atoms with E-state index in [1.807, 2.05) is 0 Å². The number of ether oxygens (including phenoxy) is 1. The molecule has 1 aromatic rings. The maximum Gasteiger partial charge on any atom is 0.239 e. The van der Waals surface area contributed by atoms with Crippen LogP contribution in [0.5, 0.6) is 0 Å². The van der Waals surface area contributed by atoms with Crippen LogP contribution < -0.4 is 5.32 Å². The second kappa shape index (κ2) is 6.29. The van der Waals surface area contributed by atoms with Gasteiger partial charge in [-0.15, -0.1) is 0 Å². The predicted molar refractivity (Wildman–Crippen MR) is 78.0 cm³/mol. The molecule has 2 N–H and O–H groups in total. The lowest BCUT2D eigenvalue weighted by molar-refractivity contribution is -0.118. The van der Waals surface area contributed by atoms with Crippen molar-refractivity contribution in [3.63, 3.8) is 0 Å². The highest BCUT2D eigenvalue weighted by Gasteiger charge is 2.22. The average molecular weight is 288 g/mol. The molecule has 1 saturated heterocycles. The number of aryl methyl sites for hydroxylation is 1. The van der Waals surface area contributed by atoms with E-state index in [4.69, 9.17) is 4.74 Å². The molecule has 2 aliphatic rings. The Balaban J connectivity index is 1.68. The average Bonchev–Trinajstić information content (AvgIpc) is 2.85. The third-order valence-electron chi connectivity index (χ3n) is 4.14. The lowest BCUT2D eigenvalue weighted by atomic mass is 9.95. The largest absolute Gasteiger partial charge is 0.379 e. The van der Waals surface area contributed by atoms with E-state index >= 15 is 0 Å². The number of H-pyrrole nitrogens is 1. The zero-order valence-corrected chi connectivity index (χ0v) is 12.1. The van der Waals surface area contributed by atoms with Crippen molar-refractivity contribution in [2.24, 2.45) is 0 Å². The number of aromatic nitrogens is 1. The van der Waals surface area contributed by atoms with E-state index in [-0.39, 0.29) is 5.91 Å². The van der Waals surface area contributed by atoms with Gasteiger partial charge in [-0.05, 0) is 31.2 Å². The van der Waals surface area contributed by atoms with Gasteiger partial charge in [-0.2, -0.15) is 5.26 Å². The quantitative estimate of drug-likeness (QED) is 0.870. The van der Waals surface area contributed by atoms with Crippen LogP contribution in [0.4, 0.5) is 5.82 Å². The van der Waals surface area contributed by atoms with Crippen molar-refractivity contribution < 1.29 is 9.53 Å². The van der Waals surface area contributed by atoms with E-state index in [2.05, 4.69) is 21.3 Å². The molecule has 0 spiro atoms. The van der Waals surface area contributed by atoms with Gasteiger partial charge in [-0.25, -0.2) is 0 Å². The zero-order valence-electron chi connectivity index (χ0n) is 12.1. The molecule has 0 bridgehead atoms. The van der Waals surface area contributed by atoms with Crippen LogP contribution in [0.1, 0.15) is 29.7 Å². The molecule has 0 atom stereocenters. The third kappa shape index (κ3) is 3.09. The molecular weight excluding hydrogens is 268 g/mol. The van der Waals surface area contributed by atoms with Gasteiger partial charge in [0.1, 0.15) is 11.9 Å². The Morgan fingerprint density at radius 1 is 1.33 bits per heavy atom. The Kier molecular flexibility index (Phi) is 4.23. The van der Waals surface area contributed by atoms with Gasteiger partial charge in [0.25, 0.3) is 0 Å². The number of morpholine rings is 1. The summed E-state index contributed by atoms with van der Waals surface area (Å²) in [6.07, 6.45) is 4.14. The molecule has 1 aliphatic carbocycles. The number of hydrogen-bond donors (Lipinski definition) is 2. The maximum absolute atomic E-state index is 12.1.